The molecule has 0 saturated heterocycles. The van der Waals surface area contributed by atoms with E-state index < -0.39 is 34.8 Å². The summed E-state index contributed by atoms with van der Waals surface area (Å²) in [6.07, 6.45) is 3.33. The summed E-state index contributed by atoms with van der Waals surface area (Å²) in [7, 11) is 6.15. The van der Waals surface area contributed by atoms with Gasteiger partial charge in [0.2, 0.25) is 12.0 Å². The zero-order valence-corrected chi connectivity index (χ0v) is 24.9. The molecule has 0 spiro atoms. The van der Waals surface area contributed by atoms with Crippen LogP contribution in [0.25, 0.3) is 0 Å². The van der Waals surface area contributed by atoms with Crippen molar-refractivity contribution in [2.24, 2.45) is 14.1 Å². The molecule has 14 nitrogen and oxygen atoms in total. The van der Waals surface area contributed by atoms with Gasteiger partial charge in [-0.05, 0) is 17.6 Å². The Bertz CT molecular complexity index is 1290. The molecule has 0 atom stereocenters. The number of amides is 3. The molecule has 0 aliphatic rings. The number of nitrogens with one attached hydrogen (secondary N) is 2. The van der Waals surface area contributed by atoms with Crippen molar-refractivity contribution in [2.75, 3.05) is 24.7 Å². The molecule has 0 aliphatic heterocycles. The third-order valence-electron chi connectivity index (χ3n) is 4.31. The van der Waals surface area contributed by atoms with Crippen molar-refractivity contribution in [3.63, 3.8) is 0 Å². The van der Waals surface area contributed by atoms with E-state index in [1.54, 1.807) is 14.1 Å². The fraction of sp³-hybridized carbons (Fsp3) is 0.190. The molecule has 3 heterocycles. The van der Waals surface area contributed by atoms with E-state index in [4.69, 9.17) is 0 Å². The van der Waals surface area contributed by atoms with Gasteiger partial charge >= 0.3 is 0 Å². The summed E-state index contributed by atoms with van der Waals surface area (Å²) in [6.45, 7) is 0. The van der Waals surface area contributed by atoms with Crippen LogP contribution in [-0.2, 0) is 29.8 Å². The van der Waals surface area contributed by atoms with Crippen LogP contribution >= 0.6 is 11.3 Å². The predicted octanol–water partition coefficient (Wildman–Crippen LogP) is -1.54. The third-order valence-corrected chi connectivity index (χ3v) is 5.05. The van der Waals surface area contributed by atoms with E-state index >= 15 is 0 Å². The summed E-state index contributed by atoms with van der Waals surface area (Å²) >= 11 is 1.14. The number of nitrogens with zero attached hydrogens (tertiary/aromatic N) is 3. The Balaban J connectivity index is 0. The predicted molar refractivity (Wildman–Crippen MR) is 119 cm³/mol. The minimum atomic E-state index is -0.954. The summed E-state index contributed by atoms with van der Waals surface area (Å²) < 4.78 is 2.11. The van der Waals surface area contributed by atoms with Gasteiger partial charge in [-0.3, -0.25) is 19.2 Å². The third kappa shape index (κ3) is 8.88. The van der Waals surface area contributed by atoms with Gasteiger partial charge in [-0.15, -0.1) is 11.3 Å². The molecule has 200 valence electrons. The molecule has 3 aromatic rings. The van der Waals surface area contributed by atoms with Gasteiger partial charge in [-0.1, -0.05) is 0 Å². The van der Waals surface area contributed by atoms with Crippen LogP contribution in [0, 0.1) is 31.1 Å². The SMILES string of the molecule is CN(C)C=O.Cn1ccc(C(=O)Nc2cscc2NC(=O)c2cc[n+](C)c([O-])c2[O-])c([O-])c1=O.[O-2].[O-2].[U]. The summed E-state index contributed by atoms with van der Waals surface area (Å²) in [6, 6.07) is 2.43. The number of carbonyl (C=O) groups excluding carboxylic acids is 3. The smallest absolute Gasteiger partial charge is 0.255 e. The van der Waals surface area contributed by atoms with E-state index in [1.807, 2.05) is 0 Å². The first-order chi connectivity index (χ1) is 16.0. The molecule has 0 saturated carbocycles. The molecule has 0 unspecified atom stereocenters. The van der Waals surface area contributed by atoms with Gasteiger partial charge in [0.05, 0.1) is 11.4 Å². The zero-order valence-electron chi connectivity index (χ0n) is 20.0. The second kappa shape index (κ2) is 15.6. The van der Waals surface area contributed by atoms with Gasteiger partial charge < -0.3 is 46.4 Å². The van der Waals surface area contributed by atoms with Crippen LogP contribution in [0.3, 0.4) is 0 Å². The average Bonchev–Trinajstić information content (AvgIpc) is 3.22. The Kier molecular flexibility index (Phi) is 15.1. The van der Waals surface area contributed by atoms with E-state index in [1.165, 1.54) is 54.3 Å². The number of carbonyl (C=O) groups is 3. The topological polar surface area (TPSA) is 231 Å². The van der Waals surface area contributed by atoms with Crippen molar-refractivity contribution in [1.82, 2.24) is 9.47 Å². The molecule has 0 fully saturated rings. The Morgan fingerprint density at radius 2 is 1.46 bits per heavy atom. The van der Waals surface area contributed by atoms with E-state index in [-0.39, 0.29) is 64.6 Å². The maximum Gasteiger partial charge on any atom is 0.255 e. The van der Waals surface area contributed by atoms with Crippen molar-refractivity contribution in [2.45, 2.75) is 0 Å². The summed E-state index contributed by atoms with van der Waals surface area (Å²) in [5.41, 5.74) is -1.19. The maximum absolute atomic E-state index is 12.4. The molecular weight excluding hydrogens is 736 g/mol. The molecule has 16 heteroatoms. The normalized spacial score (nSPS) is 9.19. The largest absolute Gasteiger partial charge is 2.00 e. The quantitative estimate of drug-likeness (QED) is 0.230. The van der Waals surface area contributed by atoms with Crippen molar-refractivity contribution in [3.8, 4) is 17.4 Å². The fourth-order valence-corrected chi connectivity index (χ4v) is 3.15. The van der Waals surface area contributed by atoms with Gasteiger partial charge in [0.25, 0.3) is 11.8 Å². The number of aryl methyl sites for hydroxylation is 2. The number of thiophene rings is 1. The number of pyridine rings is 2. The van der Waals surface area contributed by atoms with E-state index in [0.717, 1.165) is 26.9 Å². The van der Waals surface area contributed by atoms with E-state index in [2.05, 4.69) is 10.6 Å². The summed E-state index contributed by atoms with van der Waals surface area (Å²) in [5, 5.41) is 43.6. The number of hydrogen-bond donors (Lipinski definition) is 2. The van der Waals surface area contributed by atoms with E-state index in [0.29, 0.717) is 0 Å². The van der Waals surface area contributed by atoms with E-state index in [9.17, 15) is 34.5 Å². The zero-order chi connectivity index (χ0) is 25.6. The van der Waals surface area contributed by atoms with Crippen molar-refractivity contribution >= 4 is 40.9 Å². The number of rotatable bonds is 5. The van der Waals surface area contributed by atoms with Crippen LogP contribution in [0.2, 0.25) is 0 Å². The molecule has 0 aromatic carbocycles. The number of aromatic nitrogens is 2. The van der Waals surface area contributed by atoms with Crippen LogP contribution in [-0.4, -0.2) is 41.8 Å². The minimum Gasteiger partial charge on any atom is -2.00 e. The molecule has 3 rings (SSSR count). The van der Waals surface area contributed by atoms with Crippen LogP contribution in [0.5, 0.6) is 17.4 Å². The molecule has 0 radical (unpaired) electrons. The fourth-order valence-electron chi connectivity index (χ4n) is 2.44. The first-order valence-electron chi connectivity index (χ1n) is 9.51. The van der Waals surface area contributed by atoms with Crippen molar-refractivity contribution in [1.29, 1.82) is 0 Å². The van der Waals surface area contributed by atoms with Crippen molar-refractivity contribution in [3.05, 3.63) is 56.8 Å². The van der Waals surface area contributed by atoms with Gasteiger partial charge in [0.15, 0.2) is 6.20 Å². The van der Waals surface area contributed by atoms with Crippen LogP contribution < -0.4 is 36.1 Å². The Labute approximate surface area is 238 Å². The monoisotopic (exact) mass is 757 g/mol. The van der Waals surface area contributed by atoms with Crippen LogP contribution in [0.15, 0.2) is 40.1 Å². The number of anilines is 2. The van der Waals surface area contributed by atoms with Gasteiger partial charge in [0.1, 0.15) is 12.9 Å². The second-order valence-electron chi connectivity index (χ2n) is 7.13. The maximum atomic E-state index is 12.4. The number of hydrogen-bond acceptors (Lipinski definition) is 8. The molecule has 3 aromatic heterocycles. The molecule has 3 amide bonds. The minimum absolute atomic E-state index is 0. The molecule has 2 N–H and O–H groups in total. The Hall–Kier alpha value is -3.42. The average molecular weight is 758 g/mol. The van der Waals surface area contributed by atoms with Crippen LogP contribution in [0.1, 0.15) is 20.7 Å². The summed E-state index contributed by atoms with van der Waals surface area (Å²) in [5.74, 6) is -4.39. The van der Waals surface area contributed by atoms with Gasteiger partial charge in [0, 0.05) is 86.4 Å². The van der Waals surface area contributed by atoms with Gasteiger partial charge in [-0.2, -0.15) is 0 Å². The Morgan fingerprint density at radius 3 is 1.92 bits per heavy atom. The van der Waals surface area contributed by atoms with Gasteiger partial charge in [-0.25, -0.2) is 4.57 Å². The Morgan fingerprint density at radius 1 is 1.00 bits per heavy atom. The molecule has 0 aliphatic carbocycles. The standard InChI is InChI=1S/C18H16N4O6S.C3H7NO.2O.U/c1-21-5-3-9(13(23)17(21)27)15(25)19-11-7-29-8-12(11)20-16(26)10-4-6-22(2)18(28)14(10)24;1-4(2)3-5;;;/h3-8H,1-2H3,(H4,19,20,23,24,25,26);3H,1-2H3;;;/q;;2*-2;/p-2. The molecule has 37 heavy (non-hydrogen) atoms. The first kappa shape index (κ1) is 35.7. The van der Waals surface area contributed by atoms with Crippen molar-refractivity contribution < 1.29 is 76.3 Å². The first-order valence-corrected chi connectivity index (χ1v) is 10.5. The second-order valence-corrected chi connectivity index (χ2v) is 7.87. The summed E-state index contributed by atoms with van der Waals surface area (Å²) in [4.78, 5) is 47.3. The van der Waals surface area contributed by atoms with Crippen LogP contribution in [0.4, 0.5) is 11.4 Å². The molecule has 0 bridgehead atoms. The molecular formula is C21H21N5O9SU-6.